The summed E-state index contributed by atoms with van der Waals surface area (Å²) in [5, 5.41) is 2.53. The van der Waals surface area contributed by atoms with Gasteiger partial charge in [-0.1, -0.05) is 6.07 Å². The van der Waals surface area contributed by atoms with E-state index >= 15 is 0 Å². The molecule has 0 saturated carbocycles. The van der Waals surface area contributed by atoms with Crippen LogP contribution in [-0.2, 0) is 17.5 Å². The molecule has 0 radical (unpaired) electrons. The fourth-order valence-corrected chi connectivity index (χ4v) is 2.39. The minimum Gasteiger partial charge on any atom is -0.497 e. The van der Waals surface area contributed by atoms with Crippen LogP contribution in [0.4, 0.5) is 18.0 Å². The van der Waals surface area contributed by atoms with Crippen molar-refractivity contribution in [2.24, 2.45) is 0 Å². The van der Waals surface area contributed by atoms with E-state index in [9.17, 15) is 18.0 Å². The zero-order valence-electron chi connectivity index (χ0n) is 12.9. The first-order valence-electron chi connectivity index (χ1n) is 7.19. The predicted octanol–water partition coefficient (Wildman–Crippen LogP) is 2.64. The first-order valence-corrected chi connectivity index (χ1v) is 7.19. The van der Waals surface area contributed by atoms with Crippen molar-refractivity contribution in [1.29, 1.82) is 0 Å². The Kier molecular flexibility index (Phi) is 5.35. The molecule has 0 aliphatic carbocycles. The molecule has 1 N–H and O–H groups in total. The highest BCUT2D eigenvalue weighted by Crippen LogP contribution is 2.34. The third-order valence-electron chi connectivity index (χ3n) is 3.58. The van der Waals surface area contributed by atoms with E-state index in [4.69, 9.17) is 9.47 Å². The molecule has 2 rings (SSSR count). The molecule has 2 amide bonds. The van der Waals surface area contributed by atoms with E-state index in [1.165, 1.54) is 24.1 Å². The van der Waals surface area contributed by atoms with Crippen LogP contribution in [0.3, 0.4) is 0 Å². The zero-order valence-corrected chi connectivity index (χ0v) is 12.9. The molecule has 1 aliphatic heterocycles. The second-order valence-corrected chi connectivity index (χ2v) is 5.31. The van der Waals surface area contributed by atoms with Crippen LogP contribution in [0.1, 0.15) is 18.1 Å². The summed E-state index contributed by atoms with van der Waals surface area (Å²) in [5.41, 5.74) is -0.819. The van der Waals surface area contributed by atoms with Gasteiger partial charge in [-0.2, -0.15) is 13.2 Å². The number of nitrogens with zero attached hydrogens (tertiary/aromatic N) is 1. The Morgan fingerprint density at radius 1 is 1.48 bits per heavy atom. The van der Waals surface area contributed by atoms with Crippen LogP contribution in [0, 0.1) is 0 Å². The second-order valence-electron chi connectivity index (χ2n) is 5.31. The van der Waals surface area contributed by atoms with Gasteiger partial charge in [0.1, 0.15) is 5.75 Å². The Labute approximate surface area is 132 Å². The van der Waals surface area contributed by atoms with Gasteiger partial charge in [0.05, 0.1) is 25.4 Å². The number of carbonyl (C=O) groups is 1. The molecule has 5 nitrogen and oxygen atoms in total. The topological polar surface area (TPSA) is 50.8 Å². The van der Waals surface area contributed by atoms with Crippen molar-refractivity contribution in [2.75, 3.05) is 26.8 Å². The van der Waals surface area contributed by atoms with Crippen LogP contribution < -0.4 is 10.1 Å². The van der Waals surface area contributed by atoms with Gasteiger partial charge in [-0.05, 0) is 24.6 Å². The number of ether oxygens (including phenoxy) is 2. The molecular weight excluding hydrogens is 313 g/mol. The summed E-state index contributed by atoms with van der Waals surface area (Å²) in [5.74, 6) is 0.120. The molecule has 0 unspecified atom stereocenters. The number of urea groups is 1. The summed E-state index contributed by atoms with van der Waals surface area (Å²) < 4.78 is 49.5. The molecule has 0 bridgehead atoms. The van der Waals surface area contributed by atoms with Crippen LogP contribution in [0.15, 0.2) is 18.2 Å². The first-order chi connectivity index (χ1) is 10.8. The lowest BCUT2D eigenvalue weighted by atomic mass is 10.1. The SMILES string of the molecule is COc1ccc(CNC(=O)N2CCO[C@@H](C)C2)c(C(F)(F)F)c1. The average Bonchev–Trinajstić information content (AvgIpc) is 2.51. The maximum Gasteiger partial charge on any atom is 0.416 e. The van der Waals surface area contributed by atoms with E-state index in [0.29, 0.717) is 19.7 Å². The van der Waals surface area contributed by atoms with Gasteiger partial charge in [-0.25, -0.2) is 4.79 Å². The fraction of sp³-hybridized carbons (Fsp3) is 0.533. The van der Waals surface area contributed by atoms with Crippen LogP contribution in [-0.4, -0.2) is 43.8 Å². The fourth-order valence-electron chi connectivity index (χ4n) is 2.39. The first kappa shape index (κ1) is 17.4. The quantitative estimate of drug-likeness (QED) is 0.926. The number of methoxy groups -OCH3 is 1. The van der Waals surface area contributed by atoms with E-state index in [0.717, 1.165) is 6.07 Å². The van der Waals surface area contributed by atoms with Crippen molar-refractivity contribution >= 4 is 6.03 Å². The highest BCUT2D eigenvalue weighted by atomic mass is 19.4. The number of amides is 2. The van der Waals surface area contributed by atoms with E-state index in [-0.39, 0.29) is 24.0 Å². The zero-order chi connectivity index (χ0) is 17.0. The number of morpholine rings is 1. The molecule has 1 aliphatic rings. The molecule has 23 heavy (non-hydrogen) atoms. The third-order valence-corrected chi connectivity index (χ3v) is 3.58. The van der Waals surface area contributed by atoms with Gasteiger partial charge < -0.3 is 19.7 Å². The Morgan fingerprint density at radius 3 is 2.83 bits per heavy atom. The largest absolute Gasteiger partial charge is 0.497 e. The van der Waals surface area contributed by atoms with Gasteiger partial charge in [0.15, 0.2) is 0 Å². The Hall–Kier alpha value is -1.96. The molecule has 1 heterocycles. The van der Waals surface area contributed by atoms with Crippen molar-refractivity contribution in [1.82, 2.24) is 10.2 Å². The van der Waals surface area contributed by atoms with Gasteiger partial charge >= 0.3 is 12.2 Å². The lowest BCUT2D eigenvalue weighted by Gasteiger charge is -2.31. The smallest absolute Gasteiger partial charge is 0.416 e. The number of benzene rings is 1. The minimum absolute atomic E-state index is 0.00652. The number of carbonyl (C=O) groups excluding carboxylic acids is 1. The van der Waals surface area contributed by atoms with Crippen LogP contribution in [0.5, 0.6) is 5.75 Å². The van der Waals surface area contributed by atoms with Crippen LogP contribution in [0.25, 0.3) is 0 Å². The molecule has 1 atom stereocenters. The molecule has 1 aromatic rings. The van der Waals surface area contributed by atoms with Crippen molar-refractivity contribution in [3.8, 4) is 5.75 Å². The summed E-state index contributed by atoms with van der Waals surface area (Å²) in [4.78, 5) is 13.6. The van der Waals surface area contributed by atoms with Crippen molar-refractivity contribution < 1.29 is 27.4 Å². The number of hydrogen-bond acceptors (Lipinski definition) is 3. The van der Waals surface area contributed by atoms with E-state index < -0.39 is 17.8 Å². The maximum absolute atomic E-state index is 13.1. The minimum atomic E-state index is -4.51. The summed E-state index contributed by atoms with van der Waals surface area (Å²) in [6, 6.07) is 3.28. The van der Waals surface area contributed by atoms with Gasteiger partial charge in [0.25, 0.3) is 0 Å². The van der Waals surface area contributed by atoms with Gasteiger partial charge in [-0.15, -0.1) is 0 Å². The van der Waals surface area contributed by atoms with E-state index in [2.05, 4.69) is 5.32 Å². The summed E-state index contributed by atoms with van der Waals surface area (Å²) in [7, 11) is 1.30. The van der Waals surface area contributed by atoms with Crippen LogP contribution >= 0.6 is 0 Å². The van der Waals surface area contributed by atoms with Crippen molar-refractivity contribution in [3.05, 3.63) is 29.3 Å². The standard InChI is InChI=1S/C15H19F3N2O3/c1-10-9-20(5-6-23-10)14(21)19-8-11-3-4-12(22-2)7-13(11)15(16,17)18/h3-4,7,10H,5-6,8-9H2,1-2H3,(H,19,21)/t10-/m0/s1. The van der Waals surface area contributed by atoms with Crippen molar-refractivity contribution in [2.45, 2.75) is 25.7 Å². The molecule has 0 spiro atoms. The predicted molar refractivity (Wildman–Crippen MR) is 77.2 cm³/mol. The normalized spacial score (nSPS) is 18.7. The van der Waals surface area contributed by atoms with Crippen molar-refractivity contribution in [3.63, 3.8) is 0 Å². The Morgan fingerprint density at radius 2 is 2.22 bits per heavy atom. The highest BCUT2D eigenvalue weighted by Gasteiger charge is 2.34. The number of alkyl halides is 3. The molecule has 1 aromatic carbocycles. The molecular formula is C15H19F3N2O3. The van der Waals surface area contributed by atoms with Crippen LogP contribution in [0.2, 0.25) is 0 Å². The molecule has 128 valence electrons. The third kappa shape index (κ3) is 4.51. The monoisotopic (exact) mass is 332 g/mol. The number of hydrogen-bond donors (Lipinski definition) is 1. The Bertz CT molecular complexity index is 563. The lowest BCUT2D eigenvalue weighted by Crippen LogP contribution is -2.48. The molecule has 8 heteroatoms. The van der Waals surface area contributed by atoms with Gasteiger partial charge in [0.2, 0.25) is 0 Å². The number of halogens is 3. The lowest BCUT2D eigenvalue weighted by molar-refractivity contribution is -0.138. The van der Waals surface area contributed by atoms with Gasteiger partial charge in [-0.3, -0.25) is 0 Å². The maximum atomic E-state index is 13.1. The highest BCUT2D eigenvalue weighted by molar-refractivity contribution is 5.74. The molecule has 1 fully saturated rings. The molecule has 1 saturated heterocycles. The summed E-state index contributed by atoms with van der Waals surface area (Å²) >= 11 is 0. The summed E-state index contributed by atoms with van der Waals surface area (Å²) in [6.45, 7) is 2.89. The molecule has 0 aromatic heterocycles. The number of nitrogens with one attached hydrogen (secondary N) is 1. The Balaban J connectivity index is 2.06. The number of rotatable bonds is 3. The summed E-state index contributed by atoms with van der Waals surface area (Å²) in [6.07, 6.45) is -4.59. The van der Waals surface area contributed by atoms with E-state index in [1.54, 1.807) is 0 Å². The average molecular weight is 332 g/mol. The second kappa shape index (κ2) is 7.08. The van der Waals surface area contributed by atoms with Gasteiger partial charge in [0, 0.05) is 19.6 Å². The van der Waals surface area contributed by atoms with E-state index in [1.807, 2.05) is 6.92 Å².